The zero-order chi connectivity index (χ0) is 9.97. The van der Waals surface area contributed by atoms with Crippen LogP contribution in [0.1, 0.15) is 25.3 Å². The molecule has 0 aliphatic carbocycles. The van der Waals surface area contributed by atoms with E-state index in [2.05, 4.69) is 42.7 Å². The van der Waals surface area contributed by atoms with Gasteiger partial charge in [0.1, 0.15) is 0 Å². The standard InChI is InChI=1S/C13H17N/c1-3-10-14-11(2)8-9-12-6-4-5-7-13(12)14/h4-7H,2-3,8-10H2,1H3. The van der Waals surface area contributed by atoms with E-state index >= 15 is 0 Å². The molecule has 1 nitrogen and oxygen atoms in total. The van der Waals surface area contributed by atoms with Crippen LogP contribution in [-0.4, -0.2) is 6.54 Å². The van der Waals surface area contributed by atoms with Crippen LogP contribution in [0.5, 0.6) is 0 Å². The van der Waals surface area contributed by atoms with Crippen LogP contribution in [-0.2, 0) is 6.42 Å². The zero-order valence-electron chi connectivity index (χ0n) is 8.79. The Morgan fingerprint density at radius 1 is 1.29 bits per heavy atom. The molecule has 0 fully saturated rings. The fourth-order valence-electron chi connectivity index (χ4n) is 2.07. The first kappa shape index (κ1) is 9.32. The van der Waals surface area contributed by atoms with Gasteiger partial charge < -0.3 is 4.90 Å². The molecular weight excluding hydrogens is 170 g/mol. The van der Waals surface area contributed by atoms with E-state index in [1.165, 1.54) is 23.4 Å². The Labute approximate surface area is 86.1 Å². The van der Waals surface area contributed by atoms with Crippen LogP contribution in [0, 0.1) is 0 Å². The Morgan fingerprint density at radius 3 is 2.86 bits per heavy atom. The maximum absolute atomic E-state index is 4.14. The molecule has 0 saturated heterocycles. The minimum Gasteiger partial charge on any atom is -0.345 e. The summed E-state index contributed by atoms with van der Waals surface area (Å²) in [6.45, 7) is 7.44. The SMILES string of the molecule is C=C1CCc2ccccc2N1CCC. The maximum atomic E-state index is 4.14. The quantitative estimate of drug-likeness (QED) is 0.686. The van der Waals surface area contributed by atoms with Crippen LogP contribution in [0.3, 0.4) is 0 Å². The van der Waals surface area contributed by atoms with E-state index in [0.29, 0.717) is 0 Å². The lowest BCUT2D eigenvalue weighted by Crippen LogP contribution is -2.27. The van der Waals surface area contributed by atoms with Crippen molar-refractivity contribution in [2.45, 2.75) is 26.2 Å². The molecule has 14 heavy (non-hydrogen) atoms. The van der Waals surface area contributed by atoms with Gasteiger partial charge in [-0.05, 0) is 30.9 Å². The van der Waals surface area contributed by atoms with Crippen LogP contribution in [0.25, 0.3) is 0 Å². The van der Waals surface area contributed by atoms with E-state index < -0.39 is 0 Å². The van der Waals surface area contributed by atoms with Gasteiger partial charge in [-0.1, -0.05) is 31.7 Å². The Kier molecular flexibility index (Phi) is 2.58. The van der Waals surface area contributed by atoms with E-state index in [9.17, 15) is 0 Å². The van der Waals surface area contributed by atoms with Crippen molar-refractivity contribution >= 4 is 5.69 Å². The summed E-state index contributed by atoms with van der Waals surface area (Å²) >= 11 is 0. The summed E-state index contributed by atoms with van der Waals surface area (Å²) in [4.78, 5) is 2.36. The molecule has 0 spiro atoms. The lowest BCUT2D eigenvalue weighted by atomic mass is 10.00. The Morgan fingerprint density at radius 2 is 2.07 bits per heavy atom. The molecule has 0 saturated carbocycles. The number of hydrogen-bond acceptors (Lipinski definition) is 1. The summed E-state index contributed by atoms with van der Waals surface area (Å²) in [7, 11) is 0. The summed E-state index contributed by atoms with van der Waals surface area (Å²) in [6, 6.07) is 8.66. The molecule has 0 radical (unpaired) electrons. The molecule has 2 rings (SSSR count). The number of benzene rings is 1. The van der Waals surface area contributed by atoms with Gasteiger partial charge in [0.05, 0.1) is 0 Å². The van der Waals surface area contributed by atoms with Crippen LogP contribution in [0.2, 0.25) is 0 Å². The second-order valence-electron chi connectivity index (χ2n) is 3.85. The first-order chi connectivity index (χ1) is 6.83. The smallest absolute Gasteiger partial charge is 0.0440 e. The summed E-state index contributed by atoms with van der Waals surface area (Å²) in [5.74, 6) is 0. The molecule has 1 aromatic rings. The molecule has 0 bridgehead atoms. The highest BCUT2D eigenvalue weighted by Gasteiger charge is 2.17. The van der Waals surface area contributed by atoms with Crippen LogP contribution in [0.15, 0.2) is 36.5 Å². The first-order valence-corrected chi connectivity index (χ1v) is 5.36. The van der Waals surface area contributed by atoms with E-state index in [-0.39, 0.29) is 0 Å². The van der Waals surface area contributed by atoms with Gasteiger partial charge >= 0.3 is 0 Å². The van der Waals surface area contributed by atoms with Gasteiger partial charge in [-0.2, -0.15) is 0 Å². The predicted octanol–water partition coefficient (Wildman–Crippen LogP) is 3.36. The molecule has 1 aromatic carbocycles. The first-order valence-electron chi connectivity index (χ1n) is 5.36. The molecule has 0 amide bonds. The number of para-hydroxylation sites is 1. The van der Waals surface area contributed by atoms with Crippen LogP contribution < -0.4 is 4.90 Å². The van der Waals surface area contributed by atoms with E-state index in [1.54, 1.807) is 0 Å². The van der Waals surface area contributed by atoms with Gasteiger partial charge in [-0.25, -0.2) is 0 Å². The highest BCUT2D eigenvalue weighted by Crippen LogP contribution is 2.31. The minimum atomic E-state index is 1.09. The van der Waals surface area contributed by atoms with Crippen molar-refractivity contribution in [3.8, 4) is 0 Å². The highest BCUT2D eigenvalue weighted by atomic mass is 15.1. The Hall–Kier alpha value is -1.24. The number of nitrogens with zero attached hydrogens (tertiary/aromatic N) is 1. The molecule has 0 atom stereocenters. The van der Waals surface area contributed by atoms with Gasteiger partial charge in [0, 0.05) is 17.9 Å². The van der Waals surface area contributed by atoms with Gasteiger partial charge in [0.25, 0.3) is 0 Å². The van der Waals surface area contributed by atoms with Gasteiger partial charge in [-0.15, -0.1) is 0 Å². The summed E-state index contributed by atoms with van der Waals surface area (Å²) in [5, 5.41) is 0. The fourth-order valence-corrected chi connectivity index (χ4v) is 2.07. The van der Waals surface area contributed by atoms with Crippen molar-refractivity contribution in [2.75, 3.05) is 11.4 Å². The largest absolute Gasteiger partial charge is 0.345 e. The van der Waals surface area contributed by atoms with E-state index in [0.717, 1.165) is 19.4 Å². The van der Waals surface area contributed by atoms with E-state index in [4.69, 9.17) is 0 Å². The van der Waals surface area contributed by atoms with Gasteiger partial charge in [0.2, 0.25) is 0 Å². The lowest BCUT2D eigenvalue weighted by Gasteiger charge is -2.32. The van der Waals surface area contributed by atoms with Crippen molar-refractivity contribution in [1.82, 2.24) is 0 Å². The van der Waals surface area contributed by atoms with E-state index in [1.807, 2.05) is 0 Å². The molecule has 74 valence electrons. The lowest BCUT2D eigenvalue weighted by molar-refractivity contribution is 0.762. The third-order valence-corrected chi connectivity index (χ3v) is 2.79. The van der Waals surface area contributed by atoms with Crippen molar-refractivity contribution in [2.24, 2.45) is 0 Å². The zero-order valence-corrected chi connectivity index (χ0v) is 8.79. The van der Waals surface area contributed by atoms with Crippen molar-refractivity contribution in [1.29, 1.82) is 0 Å². The monoisotopic (exact) mass is 187 g/mol. The average molecular weight is 187 g/mol. The molecule has 1 heterocycles. The molecule has 0 unspecified atom stereocenters. The number of rotatable bonds is 2. The topological polar surface area (TPSA) is 3.24 Å². The number of aryl methyl sites for hydroxylation is 1. The number of allylic oxidation sites excluding steroid dienone is 1. The highest BCUT2D eigenvalue weighted by molar-refractivity contribution is 5.60. The third-order valence-electron chi connectivity index (χ3n) is 2.79. The molecule has 1 aliphatic rings. The number of hydrogen-bond donors (Lipinski definition) is 0. The second-order valence-corrected chi connectivity index (χ2v) is 3.85. The van der Waals surface area contributed by atoms with Crippen LogP contribution >= 0.6 is 0 Å². The maximum Gasteiger partial charge on any atom is 0.0440 e. The van der Waals surface area contributed by atoms with Crippen molar-refractivity contribution < 1.29 is 0 Å². The van der Waals surface area contributed by atoms with Crippen molar-refractivity contribution in [3.63, 3.8) is 0 Å². The molecule has 1 heteroatoms. The van der Waals surface area contributed by atoms with Gasteiger partial charge in [-0.3, -0.25) is 0 Å². The van der Waals surface area contributed by atoms with Gasteiger partial charge in [0.15, 0.2) is 0 Å². The predicted molar refractivity (Wildman–Crippen MR) is 61.5 cm³/mol. The molecule has 0 aromatic heterocycles. The minimum absolute atomic E-state index is 1.09. The van der Waals surface area contributed by atoms with Crippen LogP contribution in [0.4, 0.5) is 5.69 Å². The van der Waals surface area contributed by atoms with Crippen molar-refractivity contribution in [3.05, 3.63) is 42.1 Å². The third kappa shape index (κ3) is 1.54. The fraction of sp³-hybridized carbons (Fsp3) is 0.385. The molecule has 1 aliphatic heterocycles. The summed E-state index contributed by atoms with van der Waals surface area (Å²) in [6.07, 6.45) is 3.43. The average Bonchev–Trinajstić information content (AvgIpc) is 2.23. The molecular formula is C13H17N. The Bertz CT molecular complexity index is 341. The second kappa shape index (κ2) is 3.87. The normalized spacial score (nSPS) is 15.5. The summed E-state index contributed by atoms with van der Waals surface area (Å²) < 4.78 is 0. The number of fused-ring (bicyclic) bond motifs is 1. The molecule has 0 N–H and O–H groups in total. The number of anilines is 1. The summed E-state index contributed by atoms with van der Waals surface area (Å²) in [5.41, 5.74) is 4.10. The Balaban J connectivity index is 2.36.